The van der Waals surface area contributed by atoms with E-state index < -0.39 is 0 Å². The number of aryl methyl sites for hydroxylation is 1. The smallest absolute Gasteiger partial charge is 0.254 e. The average Bonchev–Trinajstić information content (AvgIpc) is 3.12. The van der Waals surface area contributed by atoms with Crippen LogP contribution in [0, 0.1) is 12.7 Å². The van der Waals surface area contributed by atoms with Crippen molar-refractivity contribution in [3.8, 4) is 11.5 Å². The van der Waals surface area contributed by atoms with Crippen LogP contribution in [0.15, 0.2) is 36.4 Å². The average molecular weight is 343 g/mol. The zero-order chi connectivity index (χ0) is 18.0. The SMILES string of the molecule is COc1ccc(OC)c(C2CCCN2C(=O)c2ccc(C)c(F)c2)c1. The molecule has 1 aliphatic rings. The first-order valence-corrected chi connectivity index (χ1v) is 8.34. The Morgan fingerprint density at radius 2 is 1.96 bits per heavy atom. The molecule has 4 nitrogen and oxygen atoms in total. The van der Waals surface area contributed by atoms with Gasteiger partial charge < -0.3 is 14.4 Å². The molecule has 25 heavy (non-hydrogen) atoms. The Bertz CT molecular complexity index is 791. The standard InChI is InChI=1S/C20H22FNO3/c1-13-6-7-14(11-17(13)21)20(23)22-10-4-5-18(22)16-12-15(24-2)8-9-19(16)25-3/h6-9,11-12,18H,4-5,10H2,1-3H3. The van der Waals surface area contributed by atoms with Crippen LogP contribution in [0.5, 0.6) is 11.5 Å². The van der Waals surface area contributed by atoms with Gasteiger partial charge in [-0.2, -0.15) is 0 Å². The number of hydrogen-bond acceptors (Lipinski definition) is 3. The van der Waals surface area contributed by atoms with Gasteiger partial charge in [0.25, 0.3) is 5.91 Å². The predicted octanol–water partition coefficient (Wildman–Crippen LogP) is 4.13. The van der Waals surface area contributed by atoms with Crippen molar-refractivity contribution in [3.05, 3.63) is 58.9 Å². The van der Waals surface area contributed by atoms with E-state index in [-0.39, 0.29) is 17.8 Å². The van der Waals surface area contributed by atoms with Gasteiger partial charge in [-0.05, 0) is 55.7 Å². The maximum atomic E-state index is 13.9. The van der Waals surface area contributed by atoms with Crippen molar-refractivity contribution < 1.29 is 18.7 Å². The molecule has 2 aromatic rings. The van der Waals surface area contributed by atoms with E-state index in [4.69, 9.17) is 9.47 Å². The van der Waals surface area contributed by atoms with Crippen molar-refractivity contribution in [3.63, 3.8) is 0 Å². The number of carbonyl (C=O) groups is 1. The van der Waals surface area contributed by atoms with E-state index in [1.165, 1.54) is 6.07 Å². The fourth-order valence-corrected chi connectivity index (χ4v) is 3.32. The van der Waals surface area contributed by atoms with Crippen LogP contribution in [0.4, 0.5) is 4.39 Å². The minimum atomic E-state index is -0.361. The number of hydrogen-bond donors (Lipinski definition) is 0. The molecule has 0 aromatic heterocycles. The lowest BCUT2D eigenvalue weighted by atomic mass is 10.0. The molecule has 3 rings (SSSR count). The van der Waals surface area contributed by atoms with Crippen molar-refractivity contribution in [2.24, 2.45) is 0 Å². The van der Waals surface area contributed by atoms with Crippen LogP contribution in [0.25, 0.3) is 0 Å². The second kappa shape index (κ2) is 7.13. The monoisotopic (exact) mass is 343 g/mol. The highest BCUT2D eigenvalue weighted by atomic mass is 19.1. The Morgan fingerprint density at radius 3 is 2.64 bits per heavy atom. The summed E-state index contributed by atoms with van der Waals surface area (Å²) in [5.41, 5.74) is 1.82. The molecule has 2 aromatic carbocycles. The number of carbonyl (C=O) groups excluding carboxylic acids is 1. The van der Waals surface area contributed by atoms with E-state index >= 15 is 0 Å². The maximum absolute atomic E-state index is 13.9. The van der Waals surface area contributed by atoms with Gasteiger partial charge >= 0.3 is 0 Å². The molecule has 1 aliphatic heterocycles. The normalized spacial score (nSPS) is 16.8. The van der Waals surface area contributed by atoms with Gasteiger partial charge in [0.2, 0.25) is 0 Å². The Balaban J connectivity index is 1.95. The molecule has 1 heterocycles. The number of methoxy groups -OCH3 is 2. The minimum absolute atomic E-state index is 0.109. The van der Waals surface area contributed by atoms with Gasteiger partial charge in [-0.25, -0.2) is 4.39 Å². The molecule has 0 aliphatic carbocycles. The zero-order valence-electron chi connectivity index (χ0n) is 14.7. The molecule has 0 saturated carbocycles. The number of ether oxygens (including phenoxy) is 2. The van der Waals surface area contributed by atoms with Crippen LogP contribution in [-0.2, 0) is 0 Å². The summed E-state index contributed by atoms with van der Waals surface area (Å²) in [5.74, 6) is 0.920. The number of rotatable bonds is 4. The Morgan fingerprint density at radius 1 is 1.16 bits per heavy atom. The van der Waals surface area contributed by atoms with Gasteiger partial charge in [-0.1, -0.05) is 6.07 Å². The molecule has 1 amide bonds. The van der Waals surface area contributed by atoms with Gasteiger partial charge in [0, 0.05) is 17.7 Å². The van der Waals surface area contributed by atoms with Gasteiger partial charge in [-0.15, -0.1) is 0 Å². The highest BCUT2D eigenvalue weighted by Gasteiger charge is 2.33. The number of benzene rings is 2. The van der Waals surface area contributed by atoms with Crippen LogP contribution in [-0.4, -0.2) is 31.6 Å². The van der Waals surface area contributed by atoms with Gasteiger partial charge in [0.05, 0.1) is 20.3 Å². The highest BCUT2D eigenvalue weighted by Crippen LogP contribution is 2.39. The third-order valence-corrected chi connectivity index (χ3v) is 4.73. The topological polar surface area (TPSA) is 38.8 Å². The van der Waals surface area contributed by atoms with Crippen LogP contribution >= 0.6 is 0 Å². The summed E-state index contributed by atoms with van der Waals surface area (Å²) in [4.78, 5) is 14.7. The lowest BCUT2D eigenvalue weighted by molar-refractivity contribution is 0.0733. The van der Waals surface area contributed by atoms with E-state index in [0.717, 1.165) is 29.9 Å². The predicted molar refractivity (Wildman–Crippen MR) is 93.7 cm³/mol. The third kappa shape index (κ3) is 3.31. The van der Waals surface area contributed by atoms with Crippen molar-refractivity contribution in [1.29, 1.82) is 0 Å². The van der Waals surface area contributed by atoms with Crippen molar-refractivity contribution in [2.45, 2.75) is 25.8 Å². The summed E-state index contributed by atoms with van der Waals surface area (Å²) < 4.78 is 24.6. The number of nitrogens with zero attached hydrogens (tertiary/aromatic N) is 1. The maximum Gasteiger partial charge on any atom is 0.254 e. The Kier molecular flexibility index (Phi) is 4.93. The first kappa shape index (κ1) is 17.3. The summed E-state index contributed by atoms with van der Waals surface area (Å²) in [6.07, 6.45) is 1.73. The zero-order valence-corrected chi connectivity index (χ0v) is 14.7. The van der Waals surface area contributed by atoms with E-state index in [0.29, 0.717) is 17.7 Å². The van der Waals surface area contributed by atoms with Crippen LogP contribution in [0.2, 0.25) is 0 Å². The molecule has 0 spiro atoms. The second-order valence-electron chi connectivity index (χ2n) is 6.23. The quantitative estimate of drug-likeness (QED) is 0.838. The number of likely N-dealkylation sites (tertiary alicyclic amines) is 1. The summed E-state index contributed by atoms with van der Waals surface area (Å²) in [6, 6.07) is 10.1. The molecule has 0 N–H and O–H groups in total. The fourth-order valence-electron chi connectivity index (χ4n) is 3.32. The highest BCUT2D eigenvalue weighted by molar-refractivity contribution is 5.94. The Hall–Kier alpha value is -2.56. The molecule has 0 radical (unpaired) electrons. The second-order valence-corrected chi connectivity index (χ2v) is 6.23. The Labute approximate surface area is 147 Å². The summed E-state index contributed by atoms with van der Waals surface area (Å²) in [7, 11) is 3.22. The third-order valence-electron chi connectivity index (χ3n) is 4.73. The van der Waals surface area contributed by atoms with Crippen molar-refractivity contribution in [2.75, 3.05) is 20.8 Å². The summed E-state index contributed by atoms with van der Waals surface area (Å²) in [6.45, 7) is 2.32. The molecule has 1 unspecified atom stereocenters. The largest absolute Gasteiger partial charge is 0.497 e. The van der Waals surface area contributed by atoms with Crippen LogP contribution < -0.4 is 9.47 Å². The molecular formula is C20H22FNO3. The molecule has 5 heteroatoms. The first-order chi connectivity index (χ1) is 12.0. The number of amides is 1. The molecule has 1 saturated heterocycles. The molecule has 1 fully saturated rings. The van der Waals surface area contributed by atoms with Gasteiger partial charge in [0.1, 0.15) is 17.3 Å². The first-order valence-electron chi connectivity index (χ1n) is 8.34. The van der Waals surface area contributed by atoms with Crippen LogP contribution in [0.1, 0.15) is 40.4 Å². The lowest BCUT2D eigenvalue weighted by Gasteiger charge is -2.27. The van der Waals surface area contributed by atoms with Crippen molar-refractivity contribution >= 4 is 5.91 Å². The van der Waals surface area contributed by atoms with E-state index in [2.05, 4.69) is 0 Å². The summed E-state index contributed by atoms with van der Waals surface area (Å²) in [5, 5.41) is 0. The van der Waals surface area contributed by atoms with Gasteiger partial charge in [0.15, 0.2) is 0 Å². The molecular weight excluding hydrogens is 321 g/mol. The fraction of sp³-hybridized carbons (Fsp3) is 0.350. The molecule has 132 valence electrons. The van der Waals surface area contributed by atoms with Crippen molar-refractivity contribution in [1.82, 2.24) is 4.90 Å². The number of halogens is 1. The molecule has 0 bridgehead atoms. The van der Waals surface area contributed by atoms with Gasteiger partial charge in [-0.3, -0.25) is 4.79 Å². The summed E-state index contributed by atoms with van der Waals surface area (Å²) >= 11 is 0. The van der Waals surface area contributed by atoms with Crippen LogP contribution in [0.3, 0.4) is 0 Å². The lowest BCUT2D eigenvalue weighted by Crippen LogP contribution is -2.30. The van der Waals surface area contributed by atoms with E-state index in [1.807, 2.05) is 18.2 Å². The molecule has 1 atom stereocenters. The minimum Gasteiger partial charge on any atom is -0.497 e. The van der Waals surface area contributed by atoms with E-state index in [9.17, 15) is 9.18 Å². The van der Waals surface area contributed by atoms with E-state index in [1.54, 1.807) is 38.2 Å².